The van der Waals surface area contributed by atoms with Crippen LogP contribution in [0.2, 0.25) is 5.02 Å². The molecule has 1 aromatic heterocycles. The van der Waals surface area contributed by atoms with Crippen molar-refractivity contribution in [2.24, 2.45) is 0 Å². The number of piperidine rings is 1. The predicted molar refractivity (Wildman–Crippen MR) is 113 cm³/mol. The van der Waals surface area contributed by atoms with Crippen molar-refractivity contribution >= 4 is 23.2 Å². The molecule has 3 aromatic rings. The number of halogens is 2. The van der Waals surface area contributed by atoms with E-state index in [2.05, 4.69) is 15.7 Å². The Balaban J connectivity index is 1.74. The highest BCUT2D eigenvalue weighted by atomic mass is 35.5. The van der Waals surface area contributed by atoms with Gasteiger partial charge in [-0.15, -0.1) is 0 Å². The lowest BCUT2D eigenvalue weighted by Crippen LogP contribution is -2.29. The number of rotatable bonds is 4. The quantitative estimate of drug-likeness (QED) is 0.653. The summed E-state index contributed by atoms with van der Waals surface area (Å²) in [6.07, 6.45) is 3.40. The fourth-order valence-corrected chi connectivity index (χ4v) is 3.88. The molecule has 2 aromatic carbocycles. The van der Waals surface area contributed by atoms with Crippen molar-refractivity contribution in [3.8, 4) is 5.69 Å². The summed E-state index contributed by atoms with van der Waals surface area (Å²) in [6, 6.07) is 11.6. The lowest BCUT2D eigenvalue weighted by atomic mass is 9.91. The van der Waals surface area contributed by atoms with Gasteiger partial charge in [-0.3, -0.25) is 4.79 Å². The van der Waals surface area contributed by atoms with Gasteiger partial charge in [-0.05, 0) is 68.8 Å². The van der Waals surface area contributed by atoms with E-state index in [4.69, 9.17) is 11.6 Å². The van der Waals surface area contributed by atoms with E-state index in [9.17, 15) is 9.18 Å². The first-order valence-electron chi connectivity index (χ1n) is 9.65. The topological polar surface area (TPSA) is 59.0 Å². The van der Waals surface area contributed by atoms with Crippen LogP contribution in [0.3, 0.4) is 0 Å². The van der Waals surface area contributed by atoms with E-state index in [1.165, 1.54) is 12.1 Å². The second kappa shape index (κ2) is 8.35. The molecule has 0 unspecified atom stereocenters. The van der Waals surface area contributed by atoms with Crippen molar-refractivity contribution in [2.75, 3.05) is 18.4 Å². The van der Waals surface area contributed by atoms with Crippen molar-refractivity contribution in [2.45, 2.75) is 25.7 Å². The Kier molecular flexibility index (Phi) is 5.65. The van der Waals surface area contributed by atoms with Gasteiger partial charge in [0.05, 0.1) is 23.1 Å². The van der Waals surface area contributed by atoms with Gasteiger partial charge >= 0.3 is 0 Å². The molecule has 2 heterocycles. The summed E-state index contributed by atoms with van der Waals surface area (Å²) in [5, 5.41) is 11.3. The average Bonchev–Trinajstić information content (AvgIpc) is 3.16. The van der Waals surface area contributed by atoms with E-state index in [0.29, 0.717) is 16.3 Å². The summed E-state index contributed by atoms with van der Waals surface area (Å²) < 4.78 is 15.3. The zero-order chi connectivity index (χ0) is 20.4. The Hall–Kier alpha value is -2.70. The summed E-state index contributed by atoms with van der Waals surface area (Å²) in [5.74, 6) is -0.507. The molecule has 4 rings (SSSR count). The first-order valence-corrected chi connectivity index (χ1v) is 10.0. The third-order valence-electron chi connectivity index (χ3n) is 5.26. The Labute approximate surface area is 173 Å². The molecule has 7 heteroatoms. The van der Waals surface area contributed by atoms with Crippen LogP contribution >= 0.6 is 11.6 Å². The first-order chi connectivity index (χ1) is 14.0. The Morgan fingerprint density at radius 3 is 2.76 bits per heavy atom. The van der Waals surface area contributed by atoms with E-state index in [-0.39, 0.29) is 11.8 Å². The van der Waals surface area contributed by atoms with Gasteiger partial charge in [0.25, 0.3) is 5.91 Å². The summed E-state index contributed by atoms with van der Waals surface area (Å²) in [4.78, 5) is 13.0. The molecule has 29 heavy (non-hydrogen) atoms. The van der Waals surface area contributed by atoms with Crippen molar-refractivity contribution in [3.05, 3.63) is 76.3 Å². The molecule has 2 N–H and O–H groups in total. The fraction of sp³-hybridized carbons (Fsp3) is 0.273. The molecule has 0 saturated carbocycles. The largest absolute Gasteiger partial charge is 0.322 e. The van der Waals surface area contributed by atoms with Gasteiger partial charge in [0.2, 0.25) is 0 Å². The number of hydrogen-bond donors (Lipinski definition) is 2. The minimum atomic E-state index is -0.397. The number of carbonyl (C=O) groups is 1. The molecule has 1 fully saturated rings. The molecule has 1 amide bonds. The smallest absolute Gasteiger partial charge is 0.259 e. The molecule has 0 spiro atoms. The third kappa shape index (κ3) is 4.18. The van der Waals surface area contributed by atoms with Crippen LogP contribution in [0.5, 0.6) is 0 Å². The second-order valence-electron chi connectivity index (χ2n) is 7.28. The van der Waals surface area contributed by atoms with Crippen molar-refractivity contribution < 1.29 is 9.18 Å². The van der Waals surface area contributed by atoms with Crippen LogP contribution in [0, 0.1) is 12.7 Å². The number of aromatic nitrogens is 2. The zero-order valence-corrected chi connectivity index (χ0v) is 16.8. The lowest BCUT2D eigenvalue weighted by Gasteiger charge is -2.25. The van der Waals surface area contributed by atoms with E-state index in [0.717, 1.165) is 42.9 Å². The van der Waals surface area contributed by atoms with Crippen LogP contribution in [0.25, 0.3) is 5.69 Å². The highest BCUT2D eigenvalue weighted by Crippen LogP contribution is 2.31. The molecule has 0 atom stereocenters. The summed E-state index contributed by atoms with van der Waals surface area (Å²) >= 11 is 6.33. The van der Waals surface area contributed by atoms with Gasteiger partial charge in [-0.25, -0.2) is 9.07 Å². The number of aryl methyl sites for hydroxylation is 1. The molecular weight excluding hydrogens is 391 g/mol. The van der Waals surface area contributed by atoms with Gasteiger partial charge in [0.1, 0.15) is 5.82 Å². The first kappa shape index (κ1) is 19.6. The Morgan fingerprint density at radius 2 is 2.03 bits per heavy atom. The molecular formula is C22H22ClFN4O. The number of hydrogen-bond acceptors (Lipinski definition) is 3. The fourth-order valence-electron chi connectivity index (χ4n) is 3.70. The van der Waals surface area contributed by atoms with Crippen LogP contribution in [0.1, 0.15) is 40.4 Å². The van der Waals surface area contributed by atoms with Crippen LogP contribution in [0.15, 0.2) is 48.7 Å². The third-order valence-corrected chi connectivity index (χ3v) is 5.67. The van der Waals surface area contributed by atoms with Crippen LogP contribution < -0.4 is 10.6 Å². The lowest BCUT2D eigenvalue weighted by molar-refractivity contribution is 0.102. The number of carbonyl (C=O) groups excluding carboxylic acids is 1. The van der Waals surface area contributed by atoms with Crippen LogP contribution in [-0.2, 0) is 0 Å². The molecule has 0 aliphatic carbocycles. The zero-order valence-electron chi connectivity index (χ0n) is 16.1. The second-order valence-corrected chi connectivity index (χ2v) is 7.68. The average molecular weight is 413 g/mol. The van der Waals surface area contributed by atoms with Gasteiger partial charge < -0.3 is 10.6 Å². The number of amides is 1. The Bertz CT molecular complexity index is 1040. The number of nitrogens with zero attached hydrogens (tertiary/aromatic N) is 2. The van der Waals surface area contributed by atoms with Gasteiger partial charge in [-0.2, -0.15) is 5.10 Å². The standard InChI is InChI=1S/C22H22ClFN4O/c1-14-5-6-18(12-20(14)23)28-21(15-7-9-25-10-8-15)19(13-26-28)22(29)27-17-4-2-3-16(24)11-17/h2-6,11-13,15,25H,7-10H2,1H3,(H,27,29). The molecule has 0 radical (unpaired) electrons. The Morgan fingerprint density at radius 1 is 1.24 bits per heavy atom. The predicted octanol–water partition coefficient (Wildman–Crippen LogP) is 4.69. The van der Waals surface area contributed by atoms with Gasteiger partial charge in [0, 0.05) is 16.6 Å². The highest BCUT2D eigenvalue weighted by Gasteiger charge is 2.27. The SMILES string of the molecule is Cc1ccc(-n2ncc(C(=O)Nc3cccc(F)c3)c2C2CCNCC2)cc1Cl. The molecule has 150 valence electrons. The number of anilines is 1. The van der Waals surface area contributed by atoms with Crippen LogP contribution in [-0.4, -0.2) is 28.8 Å². The maximum atomic E-state index is 13.5. The minimum Gasteiger partial charge on any atom is -0.322 e. The summed E-state index contributed by atoms with van der Waals surface area (Å²) in [7, 11) is 0. The molecule has 5 nitrogen and oxygen atoms in total. The van der Waals surface area contributed by atoms with Gasteiger partial charge in [-0.1, -0.05) is 23.7 Å². The van der Waals surface area contributed by atoms with Crippen molar-refractivity contribution in [3.63, 3.8) is 0 Å². The van der Waals surface area contributed by atoms with E-state index >= 15 is 0 Å². The minimum absolute atomic E-state index is 0.187. The molecule has 1 saturated heterocycles. The normalized spacial score (nSPS) is 14.7. The summed E-state index contributed by atoms with van der Waals surface area (Å²) in [6.45, 7) is 3.71. The van der Waals surface area contributed by atoms with Crippen molar-refractivity contribution in [1.29, 1.82) is 0 Å². The monoisotopic (exact) mass is 412 g/mol. The molecule has 1 aliphatic heterocycles. The van der Waals surface area contributed by atoms with Crippen LogP contribution in [0.4, 0.5) is 10.1 Å². The maximum Gasteiger partial charge on any atom is 0.259 e. The maximum absolute atomic E-state index is 13.5. The number of benzene rings is 2. The van der Waals surface area contributed by atoms with E-state index in [1.54, 1.807) is 18.3 Å². The highest BCUT2D eigenvalue weighted by molar-refractivity contribution is 6.31. The van der Waals surface area contributed by atoms with E-state index < -0.39 is 5.82 Å². The number of nitrogens with one attached hydrogen (secondary N) is 2. The van der Waals surface area contributed by atoms with Gasteiger partial charge in [0.15, 0.2) is 0 Å². The van der Waals surface area contributed by atoms with E-state index in [1.807, 2.05) is 29.8 Å². The molecule has 0 bridgehead atoms. The summed E-state index contributed by atoms with van der Waals surface area (Å²) in [5.41, 5.74) is 3.57. The molecule has 1 aliphatic rings. The van der Waals surface area contributed by atoms with Crippen molar-refractivity contribution in [1.82, 2.24) is 15.1 Å².